The Morgan fingerprint density at radius 1 is 0.929 bits per heavy atom. The largest absolute Gasteiger partial charge is 0.253 e. The summed E-state index contributed by atoms with van der Waals surface area (Å²) < 4.78 is 0. The molecule has 1 radical (unpaired) electrons. The average Bonchev–Trinajstić information content (AvgIpc) is 2.29. The molecule has 14 heavy (non-hydrogen) atoms. The van der Waals surface area contributed by atoms with E-state index in [4.69, 9.17) is 0 Å². The number of hydrogen-bond donors (Lipinski definition) is 0. The van der Waals surface area contributed by atoms with Crippen molar-refractivity contribution in [2.75, 3.05) is 0 Å². The van der Waals surface area contributed by atoms with Gasteiger partial charge in [0.15, 0.2) is 0 Å². The number of pyridine rings is 1. The molecule has 1 aromatic carbocycles. The molecular formula is C13H8N. The fraction of sp³-hybridized carbons (Fsp3) is 0. The number of hydrogen-bond acceptors (Lipinski definition) is 1. The van der Waals surface area contributed by atoms with Gasteiger partial charge in [0.05, 0.1) is 6.20 Å². The van der Waals surface area contributed by atoms with Gasteiger partial charge < -0.3 is 0 Å². The fourth-order valence-electron chi connectivity index (χ4n) is 1.06. The molecule has 0 atom stereocenters. The molecule has 2 aromatic rings. The fourth-order valence-corrected chi connectivity index (χ4v) is 1.06. The van der Waals surface area contributed by atoms with Crippen LogP contribution in [0.15, 0.2) is 48.7 Å². The van der Waals surface area contributed by atoms with Gasteiger partial charge in [-0.05, 0) is 24.3 Å². The van der Waals surface area contributed by atoms with E-state index in [0.717, 1.165) is 11.1 Å². The van der Waals surface area contributed by atoms with Gasteiger partial charge in [0.1, 0.15) is 0 Å². The van der Waals surface area contributed by atoms with Crippen molar-refractivity contribution >= 4 is 0 Å². The van der Waals surface area contributed by atoms with Crippen LogP contribution in [0.1, 0.15) is 11.1 Å². The van der Waals surface area contributed by atoms with Gasteiger partial charge in [-0.3, -0.25) is 4.98 Å². The van der Waals surface area contributed by atoms with Crippen LogP contribution in [0.5, 0.6) is 0 Å². The van der Waals surface area contributed by atoms with Crippen molar-refractivity contribution in [3.8, 4) is 11.8 Å². The standard InChI is InChI=1S/C13H8N/c1-2-5-12(6-3-1)8-9-13-7-4-10-14-11-13/h1-7,11H. The van der Waals surface area contributed by atoms with Crippen LogP contribution in [-0.4, -0.2) is 4.98 Å². The lowest BCUT2D eigenvalue weighted by atomic mass is 10.2. The first-order valence-corrected chi connectivity index (χ1v) is 4.34. The first-order chi connectivity index (χ1) is 6.95. The highest BCUT2D eigenvalue weighted by atomic mass is 14.6. The summed E-state index contributed by atoms with van der Waals surface area (Å²) in [6.07, 6.45) is 4.42. The zero-order valence-corrected chi connectivity index (χ0v) is 7.57. The number of aromatic nitrogens is 1. The zero-order chi connectivity index (χ0) is 9.64. The van der Waals surface area contributed by atoms with Crippen LogP contribution in [0, 0.1) is 18.0 Å². The quantitative estimate of drug-likeness (QED) is 0.564. The Bertz CT molecular complexity index is 405. The summed E-state index contributed by atoms with van der Waals surface area (Å²) in [5.41, 5.74) is 1.92. The lowest BCUT2D eigenvalue weighted by molar-refractivity contribution is 1.30. The number of rotatable bonds is 0. The molecule has 1 nitrogen and oxygen atoms in total. The average molecular weight is 178 g/mol. The molecule has 0 amide bonds. The third-order valence-corrected chi connectivity index (χ3v) is 1.74. The predicted molar refractivity (Wildman–Crippen MR) is 55.5 cm³/mol. The van der Waals surface area contributed by atoms with Crippen LogP contribution < -0.4 is 0 Å². The summed E-state index contributed by atoms with van der Waals surface area (Å²) in [6, 6.07) is 13.5. The van der Waals surface area contributed by atoms with Crippen LogP contribution in [-0.2, 0) is 0 Å². The lowest BCUT2D eigenvalue weighted by Crippen LogP contribution is -1.76. The molecule has 1 aromatic heterocycles. The number of benzene rings is 1. The van der Waals surface area contributed by atoms with Crippen LogP contribution in [0.25, 0.3) is 0 Å². The van der Waals surface area contributed by atoms with E-state index in [9.17, 15) is 0 Å². The Morgan fingerprint density at radius 3 is 2.43 bits per heavy atom. The SMILES string of the molecule is C(#Cc1cc[c]nc1)c1ccccc1. The van der Waals surface area contributed by atoms with Gasteiger partial charge in [-0.15, -0.1) is 0 Å². The minimum Gasteiger partial charge on any atom is -0.253 e. The smallest absolute Gasteiger partial charge is 0.0887 e. The molecule has 65 valence electrons. The van der Waals surface area contributed by atoms with E-state index >= 15 is 0 Å². The highest BCUT2D eigenvalue weighted by Crippen LogP contribution is 1.97. The molecular weight excluding hydrogens is 170 g/mol. The summed E-state index contributed by atoms with van der Waals surface area (Å²) in [4.78, 5) is 3.87. The molecule has 0 saturated carbocycles. The lowest BCUT2D eigenvalue weighted by Gasteiger charge is -1.87. The van der Waals surface area contributed by atoms with Crippen molar-refractivity contribution in [2.45, 2.75) is 0 Å². The van der Waals surface area contributed by atoms with E-state index in [1.807, 2.05) is 36.4 Å². The van der Waals surface area contributed by atoms with E-state index in [-0.39, 0.29) is 0 Å². The van der Waals surface area contributed by atoms with Gasteiger partial charge in [-0.25, -0.2) is 0 Å². The van der Waals surface area contributed by atoms with Crippen LogP contribution >= 0.6 is 0 Å². The van der Waals surface area contributed by atoms with Gasteiger partial charge in [-0.2, -0.15) is 0 Å². The topological polar surface area (TPSA) is 12.9 Å². The van der Waals surface area contributed by atoms with Gasteiger partial charge in [0.2, 0.25) is 0 Å². The molecule has 0 saturated heterocycles. The summed E-state index contributed by atoms with van der Waals surface area (Å²) in [6.45, 7) is 0. The Hall–Kier alpha value is -2.07. The highest BCUT2D eigenvalue weighted by Gasteiger charge is 1.84. The van der Waals surface area contributed by atoms with Crippen molar-refractivity contribution in [1.82, 2.24) is 4.98 Å². The molecule has 0 fully saturated rings. The third kappa shape index (κ3) is 2.21. The summed E-state index contributed by atoms with van der Waals surface area (Å²) in [5, 5.41) is 0. The second-order valence-corrected chi connectivity index (χ2v) is 2.79. The Kier molecular flexibility index (Phi) is 2.59. The first kappa shape index (κ1) is 8.52. The molecule has 0 N–H and O–H groups in total. The second kappa shape index (κ2) is 4.25. The summed E-state index contributed by atoms with van der Waals surface area (Å²) >= 11 is 0. The van der Waals surface area contributed by atoms with Crippen molar-refractivity contribution in [2.24, 2.45) is 0 Å². The maximum Gasteiger partial charge on any atom is 0.0887 e. The molecule has 0 aliphatic carbocycles. The first-order valence-electron chi connectivity index (χ1n) is 4.34. The van der Waals surface area contributed by atoms with Crippen molar-refractivity contribution in [3.63, 3.8) is 0 Å². The van der Waals surface area contributed by atoms with Gasteiger partial charge >= 0.3 is 0 Å². The van der Waals surface area contributed by atoms with Gasteiger partial charge in [0, 0.05) is 17.3 Å². The Labute approximate surface area is 83.4 Å². The zero-order valence-electron chi connectivity index (χ0n) is 7.57. The summed E-state index contributed by atoms with van der Waals surface area (Å²) in [7, 11) is 0. The number of nitrogens with zero attached hydrogens (tertiary/aromatic N) is 1. The third-order valence-electron chi connectivity index (χ3n) is 1.74. The predicted octanol–water partition coefficient (Wildman–Crippen LogP) is 2.28. The Balaban J connectivity index is 2.24. The van der Waals surface area contributed by atoms with Crippen LogP contribution in [0.4, 0.5) is 0 Å². The minimum absolute atomic E-state index is 0.910. The Morgan fingerprint density at radius 2 is 1.71 bits per heavy atom. The van der Waals surface area contributed by atoms with Crippen LogP contribution in [0.2, 0.25) is 0 Å². The van der Waals surface area contributed by atoms with Crippen LogP contribution in [0.3, 0.4) is 0 Å². The van der Waals surface area contributed by atoms with E-state index in [1.165, 1.54) is 0 Å². The maximum atomic E-state index is 3.87. The maximum absolute atomic E-state index is 3.87. The molecule has 0 bridgehead atoms. The van der Waals surface area contributed by atoms with E-state index in [1.54, 1.807) is 12.3 Å². The molecule has 1 heteroatoms. The van der Waals surface area contributed by atoms with Crippen molar-refractivity contribution in [3.05, 3.63) is 66.0 Å². The van der Waals surface area contributed by atoms with Crippen molar-refractivity contribution in [1.29, 1.82) is 0 Å². The molecule has 0 aliphatic heterocycles. The van der Waals surface area contributed by atoms with E-state index < -0.39 is 0 Å². The van der Waals surface area contributed by atoms with E-state index in [2.05, 4.69) is 23.0 Å². The van der Waals surface area contributed by atoms with Crippen molar-refractivity contribution < 1.29 is 0 Å². The molecule has 0 unspecified atom stereocenters. The minimum atomic E-state index is 0.910. The summed E-state index contributed by atoms with van der Waals surface area (Å²) in [5.74, 6) is 6.09. The monoisotopic (exact) mass is 178 g/mol. The molecule has 0 aliphatic rings. The van der Waals surface area contributed by atoms with Gasteiger partial charge in [-0.1, -0.05) is 30.0 Å². The normalized spacial score (nSPS) is 8.86. The molecule has 2 rings (SSSR count). The molecule has 1 heterocycles. The second-order valence-electron chi connectivity index (χ2n) is 2.79. The highest BCUT2D eigenvalue weighted by molar-refractivity contribution is 5.41. The van der Waals surface area contributed by atoms with E-state index in [0.29, 0.717) is 0 Å². The molecule has 0 spiro atoms. The van der Waals surface area contributed by atoms with Gasteiger partial charge in [0.25, 0.3) is 0 Å².